The number of ether oxygens (including phenoxy) is 1. The van der Waals surface area contributed by atoms with Crippen LogP contribution < -0.4 is 0 Å². The summed E-state index contributed by atoms with van der Waals surface area (Å²) in [6, 6.07) is 0. The van der Waals surface area contributed by atoms with Crippen molar-refractivity contribution in [3.05, 3.63) is 0 Å². The van der Waals surface area contributed by atoms with Gasteiger partial charge in [-0.1, -0.05) is 0 Å². The number of hydrogen-bond acceptors (Lipinski definition) is 3. The zero-order chi connectivity index (χ0) is 10.2. The summed E-state index contributed by atoms with van der Waals surface area (Å²) in [5.41, 5.74) is -0.292. The van der Waals surface area contributed by atoms with Gasteiger partial charge in [-0.15, -0.1) is 0 Å². The first-order valence-electron chi connectivity index (χ1n) is 5.12. The van der Waals surface area contributed by atoms with E-state index in [0.717, 1.165) is 25.7 Å². The van der Waals surface area contributed by atoms with Crippen LogP contribution in [-0.2, 0) is 14.4 Å². The smallest absolute Gasteiger partial charge is 0.254 e. The van der Waals surface area contributed by atoms with E-state index in [2.05, 4.69) is 0 Å². The number of fused-ring (bicyclic) bond motifs is 3. The standard InChI is InChI=1S/C10H17NO3/c1-11(13-2)9(12)10-5-3-8(4-6-10)14-7-10/h8H,3-7H2,1-2H3. The number of hydroxylamine groups is 2. The first-order valence-corrected chi connectivity index (χ1v) is 5.12. The SMILES string of the molecule is CON(C)C(=O)C12CCC(CC1)OC2. The molecule has 0 aromatic rings. The van der Waals surface area contributed by atoms with Gasteiger partial charge in [0, 0.05) is 7.05 Å². The Morgan fingerprint density at radius 3 is 2.57 bits per heavy atom. The first-order chi connectivity index (χ1) is 6.68. The van der Waals surface area contributed by atoms with Gasteiger partial charge in [0.25, 0.3) is 5.91 Å². The van der Waals surface area contributed by atoms with E-state index in [1.165, 1.54) is 12.2 Å². The highest BCUT2D eigenvalue weighted by Crippen LogP contribution is 2.44. The van der Waals surface area contributed by atoms with Crippen molar-refractivity contribution in [2.75, 3.05) is 20.8 Å². The fourth-order valence-electron chi connectivity index (χ4n) is 2.42. The lowest BCUT2D eigenvalue weighted by Gasteiger charge is -2.45. The Morgan fingerprint density at radius 2 is 2.14 bits per heavy atom. The molecule has 0 aromatic heterocycles. The summed E-state index contributed by atoms with van der Waals surface area (Å²) < 4.78 is 5.59. The van der Waals surface area contributed by atoms with Gasteiger partial charge in [-0.25, -0.2) is 5.06 Å². The molecule has 14 heavy (non-hydrogen) atoms. The molecule has 0 unspecified atom stereocenters. The van der Waals surface area contributed by atoms with E-state index in [1.807, 2.05) is 0 Å². The lowest BCUT2D eigenvalue weighted by atomic mass is 9.70. The highest BCUT2D eigenvalue weighted by atomic mass is 16.7. The van der Waals surface area contributed by atoms with Crippen LogP contribution in [0.2, 0.25) is 0 Å². The molecule has 2 bridgehead atoms. The highest BCUT2D eigenvalue weighted by molar-refractivity contribution is 5.82. The minimum atomic E-state index is -0.292. The van der Waals surface area contributed by atoms with Gasteiger partial charge in [-0.2, -0.15) is 0 Å². The third-order valence-electron chi connectivity index (χ3n) is 3.50. The number of nitrogens with zero attached hydrogens (tertiary/aromatic N) is 1. The fraction of sp³-hybridized carbons (Fsp3) is 0.900. The predicted octanol–water partition coefficient (Wildman–Crippen LogP) is 0.965. The molecule has 80 valence electrons. The van der Waals surface area contributed by atoms with Crippen LogP contribution in [0.25, 0.3) is 0 Å². The second-order valence-electron chi connectivity index (χ2n) is 4.28. The van der Waals surface area contributed by atoms with Crippen molar-refractivity contribution in [3.63, 3.8) is 0 Å². The molecule has 0 aromatic carbocycles. The molecule has 0 atom stereocenters. The molecule has 3 aliphatic rings. The Kier molecular flexibility index (Phi) is 2.49. The molecule has 0 spiro atoms. The number of carbonyl (C=O) groups excluding carboxylic acids is 1. The minimum Gasteiger partial charge on any atom is -0.377 e. The average molecular weight is 199 g/mol. The summed E-state index contributed by atoms with van der Waals surface area (Å²) in [6.07, 6.45) is 4.33. The molecular weight excluding hydrogens is 182 g/mol. The van der Waals surface area contributed by atoms with Crippen LogP contribution in [-0.4, -0.2) is 37.8 Å². The Morgan fingerprint density at radius 1 is 1.50 bits per heavy atom. The van der Waals surface area contributed by atoms with Gasteiger partial charge in [0.2, 0.25) is 0 Å². The van der Waals surface area contributed by atoms with E-state index in [-0.39, 0.29) is 11.3 Å². The number of amides is 1. The second-order valence-corrected chi connectivity index (χ2v) is 4.28. The van der Waals surface area contributed by atoms with E-state index in [0.29, 0.717) is 12.7 Å². The summed E-state index contributed by atoms with van der Waals surface area (Å²) in [7, 11) is 3.18. The van der Waals surface area contributed by atoms with E-state index >= 15 is 0 Å². The number of rotatable bonds is 2. The van der Waals surface area contributed by atoms with Crippen molar-refractivity contribution in [1.29, 1.82) is 0 Å². The predicted molar refractivity (Wildman–Crippen MR) is 50.4 cm³/mol. The summed E-state index contributed by atoms with van der Waals surface area (Å²) in [5, 5.41) is 1.33. The van der Waals surface area contributed by atoms with Crippen molar-refractivity contribution in [2.24, 2.45) is 5.41 Å². The lowest BCUT2D eigenvalue weighted by molar-refractivity contribution is -0.199. The summed E-state index contributed by atoms with van der Waals surface area (Å²) >= 11 is 0. The van der Waals surface area contributed by atoms with Crippen molar-refractivity contribution in [3.8, 4) is 0 Å². The maximum absolute atomic E-state index is 12.0. The van der Waals surface area contributed by atoms with Gasteiger partial charge in [0.15, 0.2) is 0 Å². The molecule has 1 amide bonds. The van der Waals surface area contributed by atoms with Crippen molar-refractivity contribution >= 4 is 5.91 Å². The largest absolute Gasteiger partial charge is 0.377 e. The summed E-state index contributed by atoms with van der Waals surface area (Å²) in [5.74, 6) is 0.0677. The minimum absolute atomic E-state index is 0.0677. The Bertz CT molecular complexity index is 220. The quantitative estimate of drug-likeness (QED) is 0.622. The molecule has 1 aliphatic carbocycles. The average Bonchev–Trinajstić information content (AvgIpc) is 2.29. The molecule has 2 heterocycles. The second kappa shape index (κ2) is 3.51. The highest BCUT2D eigenvalue weighted by Gasteiger charge is 2.48. The van der Waals surface area contributed by atoms with E-state index < -0.39 is 0 Å². The van der Waals surface area contributed by atoms with Gasteiger partial charge in [0.1, 0.15) is 0 Å². The zero-order valence-corrected chi connectivity index (χ0v) is 8.78. The van der Waals surface area contributed by atoms with Gasteiger partial charge >= 0.3 is 0 Å². The van der Waals surface area contributed by atoms with E-state index in [1.54, 1.807) is 7.05 Å². The molecule has 2 aliphatic heterocycles. The summed E-state index contributed by atoms with van der Waals surface area (Å²) in [6.45, 7) is 0.574. The third kappa shape index (κ3) is 1.42. The topological polar surface area (TPSA) is 38.8 Å². The number of hydrogen-bond donors (Lipinski definition) is 0. The van der Waals surface area contributed by atoms with Crippen LogP contribution in [0.3, 0.4) is 0 Å². The van der Waals surface area contributed by atoms with Crippen molar-refractivity contribution in [2.45, 2.75) is 31.8 Å². The maximum atomic E-state index is 12.0. The Balaban J connectivity index is 2.10. The molecule has 3 fully saturated rings. The summed E-state index contributed by atoms with van der Waals surface area (Å²) in [4.78, 5) is 17.0. The molecule has 0 radical (unpaired) electrons. The van der Waals surface area contributed by atoms with Gasteiger partial charge < -0.3 is 4.74 Å². The van der Waals surface area contributed by atoms with Crippen LogP contribution in [0.15, 0.2) is 0 Å². The molecule has 4 heteroatoms. The third-order valence-corrected chi connectivity index (χ3v) is 3.50. The van der Waals surface area contributed by atoms with E-state index in [4.69, 9.17) is 9.57 Å². The van der Waals surface area contributed by atoms with Gasteiger partial charge in [-0.3, -0.25) is 9.63 Å². The molecule has 3 rings (SSSR count). The van der Waals surface area contributed by atoms with Crippen LogP contribution >= 0.6 is 0 Å². The molecule has 4 nitrogen and oxygen atoms in total. The maximum Gasteiger partial charge on any atom is 0.254 e. The molecule has 2 saturated heterocycles. The molecular formula is C10H17NO3. The van der Waals surface area contributed by atoms with Crippen LogP contribution in [0.5, 0.6) is 0 Å². The van der Waals surface area contributed by atoms with Crippen molar-refractivity contribution in [1.82, 2.24) is 5.06 Å². The van der Waals surface area contributed by atoms with Crippen LogP contribution in [0.4, 0.5) is 0 Å². The Hall–Kier alpha value is -0.610. The molecule has 0 N–H and O–H groups in total. The van der Waals surface area contributed by atoms with Crippen LogP contribution in [0.1, 0.15) is 25.7 Å². The Labute approximate surface area is 84.1 Å². The lowest BCUT2D eigenvalue weighted by Crippen LogP contribution is -2.52. The normalized spacial score (nSPS) is 35.7. The molecule has 1 saturated carbocycles. The number of carbonyl (C=O) groups is 1. The van der Waals surface area contributed by atoms with Gasteiger partial charge in [0.05, 0.1) is 25.2 Å². The zero-order valence-electron chi connectivity index (χ0n) is 8.78. The monoisotopic (exact) mass is 199 g/mol. The van der Waals surface area contributed by atoms with E-state index in [9.17, 15) is 4.79 Å². The van der Waals surface area contributed by atoms with Crippen molar-refractivity contribution < 1.29 is 14.4 Å². The van der Waals surface area contributed by atoms with Crippen LogP contribution in [0, 0.1) is 5.41 Å². The first kappa shape index (κ1) is 9.93. The van der Waals surface area contributed by atoms with Gasteiger partial charge in [-0.05, 0) is 25.7 Å². The fourth-order valence-corrected chi connectivity index (χ4v) is 2.42.